The highest BCUT2D eigenvalue weighted by Gasteiger charge is 2.15. The monoisotopic (exact) mass is 225 g/mol. The highest BCUT2D eigenvalue weighted by molar-refractivity contribution is 7.13. The highest BCUT2D eigenvalue weighted by Crippen LogP contribution is 2.11. The lowest BCUT2D eigenvalue weighted by atomic mass is 10.2. The molecule has 1 saturated heterocycles. The van der Waals surface area contributed by atoms with Gasteiger partial charge in [-0.2, -0.15) is 0 Å². The summed E-state index contributed by atoms with van der Waals surface area (Å²) >= 11 is 1.43. The second-order valence-electron chi connectivity index (χ2n) is 3.75. The Hall–Kier alpha value is -0.940. The van der Waals surface area contributed by atoms with Crippen LogP contribution >= 0.6 is 11.3 Å². The first-order valence-electron chi connectivity index (χ1n) is 5.20. The molecule has 0 radical (unpaired) electrons. The zero-order valence-electron chi connectivity index (χ0n) is 8.75. The third-order valence-electron chi connectivity index (χ3n) is 2.52. The number of carbonyl (C=O) groups is 1. The van der Waals surface area contributed by atoms with E-state index in [0.717, 1.165) is 24.5 Å². The van der Waals surface area contributed by atoms with E-state index >= 15 is 0 Å². The fourth-order valence-electron chi connectivity index (χ4n) is 1.70. The first-order chi connectivity index (χ1) is 7.25. The summed E-state index contributed by atoms with van der Waals surface area (Å²) in [5.74, 6) is -0.00528. The molecule has 2 rings (SSSR count). The molecule has 1 fully saturated rings. The molecule has 1 aliphatic rings. The van der Waals surface area contributed by atoms with Gasteiger partial charge in [0, 0.05) is 12.6 Å². The summed E-state index contributed by atoms with van der Waals surface area (Å²) in [5.41, 5.74) is 0. The fourth-order valence-corrected chi connectivity index (χ4v) is 2.39. The van der Waals surface area contributed by atoms with E-state index in [9.17, 15) is 4.79 Å². The molecular formula is C10H15N3OS. The van der Waals surface area contributed by atoms with E-state index < -0.39 is 0 Å². The van der Waals surface area contributed by atoms with E-state index in [1.54, 1.807) is 6.20 Å². The van der Waals surface area contributed by atoms with Crippen LogP contribution in [0.2, 0.25) is 0 Å². The summed E-state index contributed by atoms with van der Waals surface area (Å²) in [5, 5.41) is 7.19. The van der Waals surface area contributed by atoms with Crippen molar-refractivity contribution in [3.63, 3.8) is 0 Å². The van der Waals surface area contributed by atoms with Gasteiger partial charge in [-0.05, 0) is 26.3 Å². The zero-order chi connectivity index (χ0) is 10.7. The summed E-state index contributed by atoms with van der Waals surface area (Å²) in [4.78, 5) is 16.4. The molecule has 0 spiro atoms. The van der Waals surface area contributed by atoms with E-state index in [2.05, 4.69) is 15.6 Å². The van der Waals surface area contributed by atoms with Crippen molar-refractivity contribution < 1.29 is 4.79 Å². The molecule has 1 aliphatic heterocycles. The molecule has 4 nitrogen and oxygen atoms in total. The van der Waals surface area contributed by atoms with Crippen LogP contribution in [0.4, 0.5) is 0 Å². The van der Waals surface area contributed by atoms with Gasteiger partial charge in [0.2, 0.25) is 0 Å². The van der Waals surface area contributed by atoms with Crippen LogP contribution in [0.5, 0.6) is 0 Å². The number of nitrogens with zero attached hydrogens (tertiary/aromatic N) is 1. The third kappa shape index (κ3) is 2.76. The predicted octanol–water partition coefficient (Wildman–Crippen LogP) is 0.933. The van der Waals surface area contributed by atoms with Gasteiger partial charge in [0.15, 0.2) is 0 Å². The average molecular weight is 225 g/mol. The molecule has 1 aromatic heterocycles. The Balaban J connectivity index is 1.81. The van der Waals surface area contributed by atoms with Gasteiger partial charge in [0.1, 0.15) is 4.88 Å². The molecular weight excluding hydrogens is 210 g/mol. The second-order valence-corrected chi connectivity index (χ2v) is 4.98. The molecule has 0 bridgehead atoms. The Morgan fingerprint density at radius 2 is 2.67 bits per heavy atom. The van der Waals surface area contributed by atoms with Gasteiger partial charge in [-0.15, -0.1) is 11.3 Å². The van der Waals surface area contributed by atoms with Gasteiger partial charge < -0.3 is 10.6 Å². The van der Waals surface area contributed by atoms with Gasteiger partial charge in [-0.1, -0.05) is 0 Å². The van der Waals surface area contributed by atoms with Crippen LogP contribution in [-0.4, -0.2) is 30.0 Å². The van der Waals surface area contributed by atoms with Crippen molar-refractivity contribution in [2.45, 2.75) is 25.8 Å². The number of hydrogen-bond donors (Lipinski definition) is 2. The Labute approximate surface area is 93.1 Å². The van der Waals surface area contributed by atoms with Crippen molar-refractivity contribution in [1.29, 1.82) is 0 Å². The topological polar surface area (TPSA) is 54.0 Å². The first kappa shape index (κ1) is 10.6. The molecule has 82 valence electrons. The molecule has 0 saturated carbocycles. The van der Waals surface area contributed by atoms with Gasteiger partial charge in [0.25, 0.3) is 5.91 Å². The summed E-state index contributed by atoms with van der Waals surface area (Å²) in [6.07, 6.45) is 4.00. The predicted molar refractivity (Wildman–Crippen MR) is 60.2 cm³/mol. The maximum absolute atomic E-state index is 11.6. The second kappa shape index (κ2) is 4.72. The number of hydrogen-bond acceptors (Lipinski definition) is 4. The van der Waals surface area contributed by atoms with Gasteiger partial charge in [-0.3, -0.25) is 4.79 Å². The Morgan fingerprint density at radius 1 is 1.80 bits per heavy atom. The molecule has 0 aliphatic carbocycles. The molecule has 1 atom stereocenters. The van der Waals surface area contributed by atoms with Crippen LogP contribution in [0.3, 0.4) is 0 Å². The van der Waals surface area contributed by atoms with Crippen molar-refractivity contribution in [3.8, 4) is 0 Å². The van der Waals surface area contributed by atoms with Crippen LogP contribution in [0.25, 0.3) is 0 Å². The minimum Gasteiger partial charge on any atom is -0.350 e. The zero-order valence-corrected chi connectivity index (χ0v) is 9.56. The fraction of sp³-hybridized carbons (Fsp3) is 0.600. The molecule has 5 heteroatoms. The molecule has 1 unspecified atom stereocenters. The molecule has 0 aromatic carbocycles. The number of rotatable bonds is 3. The lowest BCUT2D eigenvalue weighted by molar-refractivity contribution is 0.0954. The van der Waals surface area contributed by atoms with E-state index in [1.165, 1.54) is 17.8 Å². The number of aryl methyl sites for hydroxylation is 1. The molecule has 1 aromatic rings. The van der Waals surface area contributed by atoms with E-state index in [4.69, 9.17) is 0 Å². The quantitative estimate of drug-likeness (QED) is 0.804. The van der Waals surface area contributed by atoms with Crippen molar-refractivity contribution in [2.75, 3.05) is 13.1 Å². The van der Waals surface area contributed by atoms with Crippen LogP contribution < -0.4 is 10.6 Å². The lowest BCUT2D eigenvalue weighted by Gasteiger charge is -2.10. The largest absolute Gasteiger partial charge is 0.350 e. The van der Waals surface area contributed by atoms with Crippen LogP contribution in [0.15, 0.2) is 6.20 Å². The van der Waals surface area contributed by atoms with Crippen LogP contribution in [0, 0.1) is 6.92 Å². The summed E-state index contributed by atoms with van der Waals surface area (Å²) in [6.45, 7) is 3.69. The van der Waals surface area contributed by atoms with Crippen molar-refractivity contribution >= 4 is 17.2 Å². The number of carbonyl (C=O) groups excluding carboxylic acids is 1. The summed E-state index contributed by atoms with van der Waals surface area (Å²) in [7, 11) is 0. The molecule has 1 amide bonds. The number of amides is 1. The van der Waals surface area contributed by atoms with Crippen molar-refractivity contribution in [2.24, 2.45) is 0 Å². The van der Waals surface area contributed by atoms with E-state index in [1.807, 2.05) is 6.92 Å². The SMILES string of the molecule is Cc1ncc(C(=O)NCC2CCCN2)s1. The number of thiazole rings is 1. The van der Waals surface area contributed by atoms with E-state index in [0.29, 0.717) is 10.9 Å². The Morgan fingerprint density at radius 3 is 3.27 bits per heavy atom. The average Bonchev–Trinajstić information content (AvgIpc) is 2.84. The minimum absolute atomic E-state index is 0.00528. The third-order valence-corrected chi connectivity index (χ3v) is 3.43. The van der Waals surface area contributed by atoms with Crippen LogP contribution in [0.1, 0.15) is 27.5 Å². The lowest BCUT2D eigenvalue weighted by Crippen LogP contribution is -2.36. The molecule has 15 heavy (non-hydrogen) atoms. The van der Waals surface area contributed by atoms with Gasteiger partial charge in [-0.25, -0.2) is 4.98 Å². The number of aromatic nitrogens is 1. The molecule has 2 heterocycles. The molecule has 2 N–H and O–H groups in total. The minimum atomic E-state index is -0.00528. The highest BCUT2D eigenvalue weighted by atomic mass is 32.1. The Bertz CT molecular complexity index is 344. The van der Waals surface area contributed by atoms with Gasteiger partial charge >= 0.3 is 0 Å². The van der Waals surface area contributed by atoms with E-state index in [-0.39, 0.29) is 5.91 Å². The maximum Gasteiger partial charge on any atom is 0.263 e. The number of nitrogens with one attached hydrogen (secondary N) is 2. The smallest absolute Gasteiger partial charge is 0.263 e. The first-order valence-corrected chi connectivity index (χ1v) is 6.01. The van der Waals surface area contributed by atoms with Crippen molar-refractivity contribution in [3.05, 3.63) is 16.1 Å². The summed E-state index contributed by atoms with van der Waals surface area (Å²) < 4.78 is 0. The normalized spacial score (nSPS) is 20.5. The van der Waals surface area contributed by atoms with Gasteiger partial charge in [0.05, 0.1) is 11.2 Å². The van der Waals surface area contributed by atoms with Crippen molar-refractivity contribution in [1.82, 2.24) is 15.6 Å². The van der Waals surface area contributed by atoms with Crippen LogP contribution in [-0.2, 0) is 0 Å². The maximum atomic E-state index is 11.6. The Kier molecular flexibility index (Phi) is 3.33. The summed E-state index contributed by atoms with van der Waals surface area (Å²) in [6, 6.07) is 0.447. The standard InChI is InChI=1S/C10H15N3OS/c1-7-12-6-9(15-7)10(14)13-5-8-3-2-4-11-8/h6,8,11H,2-5H2,1H3,(H,13,14).